The Hall–Kier alpha value is -3.68. The fourth-order valence-corrected chi connectivity index (χ4v) is 3.41. The van der Waals surface area contributed by atoms with E-state index in [9.17, 15) is 9.59 Å². The Bertz CT molecular complexity index is 1220. The van der Waals surface area contributed by atoms with Crippen LogP contribution in [0.3, 0.4) is 0 Å². The van der Waals surface area contributed by atoms with Crippen LogP contribution >= 0.6 is 0 Å². The number of nitrogens with one attached hydrogen (secondary N) is 1. The van der Waals surface area contributed by atoms with E-state index in [1.807, 2.05) is 25.1 Å². The molecule has 0 fully saturated rings. The highest BCUT2D eigenvalue weighted by molar-refractivity contribution is 6.06. The molecular weight excluding hydrogens is 396 g/mol. The molecule has 1 amide bonds. The predicted molar refractivity (Wildman–Crippen MR) is 118 cm³/mol. The smallest absolute Gasteiger partial charge is 0.292 e. The van der Waals surface area contributed by atoms with E-state index < -0.39 is 5.91 Å². The summed E-state index contributed by atoms with van der Waals surface area (Å²) in [5.41, 5.74) is 3.94. The van der Waals surface area contributed by atoms with Crippen molar-refractivity contribution in [2.75, 3.05) is 13.2 Å². The van der Waals surface area contributed by atoms with Crippen LogP contribution in [0.2, 0.25) is 0 Å². The van der Waals surface area contributed by atoms with E-state index in [2.05, 4.69) is 15.6 Å². The number of ether oxygens (including phenoxy) is 2. The van der Waals surface area contributed by atoms with Crippen molar-refractivity contribution in [2.24, 2.45) is 5.10 Å². The minimum absolute atomic E-state index is 0.166. The van der Waals surface area contributed by atoms with Crippen LogP contribution in [0.15, 0.2) is 52.4 Å². The molecule has 0 radical (unpaired) electrons. The van der Waals surface area contributed by atoms with Gasteiger partial charge in [0.25, 0.3) is 11.5 Å². The number of rotatable bonds is 5. The molecule has 0 saturated heterocycles. The van der Waals surface area contributed by atoms with Crippen LogP contribution in [-0.4, -0.2) is 34.6 Å². The first-order valence-electron chi connectivity index (χ1n) is 10.3. The Morgan fingerprint density at radius 3 is 2.65 bits per heavy atom. The van der Waals surface area contributed by atoms with E-state index in [0.29, 0.717) is 47.7 Å². The van der Waals surface area contributed by atoms with E-state index in [0.717, 1.165) is 18.4 Å². The summed E-state index contributed by atoms with van der Waals surface area (Å²) in [7, 11) is 0. The highest BCUT2D eigenvalue weighted by atomic mass is 16.5. The lowest BCUT2D eigenvalue weighted by Crippen LogP contribution is -2.29. The molecule has 1 aliphatic rings. The highest BCUT2D eigenvalue weighted by Gasteiger charge is 2.17. The van der Waals surface area contributed by atoms with Gasteiger partial charge in [-0.25, -0.2) is 10.1 Å². The fourth-order valence-electron chi connectivity index (χ4n) is 3.41. The van der Waals surface area contributed by atoms with Gasteiger partial charge >= 0.3 is 0 Å². The second kappa shape index (κ2) is 8.99. The first-order valence-corrected chi connectivity index (χ1v) is 10.3. The maximum absolute atomic E-state index is 12.9. The number of carbonyl (C=O) groups excluding carboxylic acids is 1. The van der Waals surface area contributed by atoms with Gasteiger partial charge in [-0.1, -0.05) is 25.1 Å². The molecule has 31 heavy (non-hydrogen) atoms. The van der Waals surface area contributed by atoms with E-state index >= 15 is 0 Å². The van der Waals surface area contributed by atoms with Crippen molar-refractivity contribution in [3.63, 3.8) is 0 Å². The number of nitrogens with zero attached hydrogens (tertiary/aromatic N) is 3. The van der Waals surface area contributed by atoms with Crippen molar-refractivity contribution in [1.82, 2.24) is 15.2 Å². The third-order valence-corrected chi connectivity index (χ3v) is 5.01. The molecule has 0 aliphatic carbocycles. The Kier molecular flexibility index (Phi) is 5.97. The summed E-state index contributed by atoms with van der Waals surface area (Å²) in [6.45, 7) is 5.39. The molecule has 4 rings (SSSR count). The van der Waals surface area contributed by atoms with Crippen molar-refractivity contribution < 1.29 is 14.3 Å². The summed E-state index contributed by atoms with van der Waals surface area (Å²) in [6.07, 6.45) is 1.56. The van der Waals surface area contributed by atoms with Crippen LogP contribution in [0.25, 0.3) is 10.8 Å². The largest absolute Gasteiger partial charge is 0.490 e. The minimum atomic E-state index is -0.477. The summed E-state index contributed by atoms with van der Waals surface area (Å²) < 4.78 is 12.7. The number of amides is 1. The number of aryl methyl sites for hydroxylation is 1. The van der Waals surface area contributed by atoms with Gasteiger partial charge in [-0.15, -0.1) is 0 Å². The molecule has 0 bridgehead atoms. The molecule has 0 saturated carbocycles. The van der Waals surface area contributed by atoms with Crippen molar-refractivity contribution in [3.05, 3.63) is 64.1 Å². The molecule has 1 aliphatic heterocycles. The molecule has 0 unspecified atom stereocenters. The standard InChI is InChI=1S/C23H24N4O4/c1-3-11-27-23(29)18-8-5-4-7-17(18)21(26-27)22(28)25-24-15(2)16-9-10-19-20(14-16)31-13-6-12-30-19/h4-5,7-10,14H,3,6,11-13H2,1-2H3,(H,25,28)/b24-15-. The lowest BCUT2D eigenvalue weighted by Gasteiger charge is -2.10. The molecule has 0 spiro atoms. The van der Waals surface area contributed by atoms with Crippen LogP contribution in [0.1, 0.15) is 42.7 Å². The average Bonchev–Trinajstić information content (AvgIpc) is 3.04. The van der Waals surface area contributed by atoms with Gasteiger partial charge in [0, 0.05) is 23.9 Å². The van der Waals surface area contributed by atoms with Gasteiger partial charge in [-0.05, 0) is 37.6 Å². The minimum Gasteiger partial charge on any atom is -0.490 e. The number of aromatic nitrogens is 2. The molecule has 8 nitrogen and oxygen atoms in total. The molecule has 1 N–H and O–H groups in total. The molecule has 1 aromatic heterocycles. The number of carbonyl (C=O) groups is 1. The number of benzene rings is 2. The maximum Gasteiger partial charge on any atom is 0.292 e. The number of hydrogen-bond donors (Lipinski definition) is 1. The first kappa shape index (κ1) is 20.6. The molecule has 160 valence electrons. The molecule has 8 heteroatoms. The average molecular weight is 420 g/mol. The Morgan fingerprint density at radius 2 is 1.87 bits per heavy atom. The van der Waals surface area contributed by atoms with Gasteiger partial charge < -0.3 is 9.47 Å². The quantitative estimate of drug-likeness (QED) is 0.506. The highest BCUT2D eigenvalue weighted by Crippen LogP contribution is 2.30. The van der Waals surface area contributed by atoms with Gasteiger partial charge in [0.15, 0.2) is 17.2 Å². The third kappa shape index (κ3) is 4.28. The lowest BCUT2D eigenvalue weighted by atomic mass is 10.1. The summed E-state index contributed by atoms with van der Waals surface area (Å²) in [4.78, 5) is 25.5. The van der Waals surface area contributed by atoms with Crippen molar-refractivity contribution in [2.45, 2.75) is 33.2 Å². The fraction of sp³-hybridized carbons (Fsp3) is 0.304. The summed E-state index contributed by atoms with van der Waals surface area (Å²) in [5.74, 6) is 0.886. The number of hydrazone groups is 1. The topological polar surface area (TPSA) is 94.8 Å². The summed E-state index contributed by atoms with van der Waals surface area (Å²) in [6, 6.07) is 12.5. The van der Waals surface area contributed by atoms with E-state index in [1.54, 1.807) is 31.2 Å². The number of fused-ring (bicyclic) bond motifs is 2. The first-order chi connectivity index (χ1) is 15.1. The zero-order valence-corrected chi connectivity index (χ0v) is 17.6. The van der Waals surface area contributed by atoms with Crippen molar-refractivity contribution >= 4 is 22.4 Å². The Labute approximate surface area is 179 Å². The van der Waals surface area contributed by atoms with Crippen LogP contribution in [0, 0.1) is 0 Å². The molecule has 2 aromatic carbocycles. The molecule has 3 aromatic rings. The zero-order valence-electron chi connectivity index (χ0n) is 17.6. The molecule has 0 atom stereocenters. The van der Waals surface area contributed by atoms with Crippen molar-refractivity contribution in [3.8, 4) is 11.5 Å². The van der Waals surface area contributed by atoms with Gasteiger partial charge in [-0.3, -0.25) is 9.59 Å². The van der Waals surface area contributed by atoms with Gasteiger partial charge in [0.05, 0.1) is 24.3 Å². The zero-order chi connectivity index (χ0) is 21.8. The summed E-state index contributed by atoms with van der Waals surface area (Å²) in [5, 5.41) is 9.50. The van der Waals surface area contributed by atoms with Gasteiger partial charge in [0.2, 0.25) is 0 Å². The second-order valence-corrected chi connectivity index (χ2v) is 7.27. The second-order valence-electron chi connectivity index (χ2n) is 7.27. The molecular formula is C23H24N4O4. The Morgan fingerprint density at radius 1 is 1.13 bits per heavy atom. The Balaban J connectivity index is 1.62. The third-order valence-electron chi connectivity index (χ3n) is 5.01. The van der Waals surface area contributed by atoms with Crippen LogP contribution in [-0.2, 0) is 6.54 Å². The van der Waals surface area contributed by atoms with Crippen LogP contribution < -0.4 is 20.5 Å². The van der Waals surface area contributed by atoms with E-state index in [1.165, 1.54) is 4.68 Å². The van der Waals surface area contributed by atoms with Gasteiger partial charge in [0.1, 0.15) is 0 Å². The van der Waals surface area contributed by atoms with Crippen LogP contribution in [0.4, 0.5) is 0 Å². The van der Waals surface area contributed by atoms with Gasteiger partial charge in [-0.2, -0.15) is 10.2 Å². The van der Waals surface area contributed by atoms with Crippen LogP contribution in [0.5, 0.6) is 11.5 Å². The van der Waals surface area contributed by atoms with E-state index in [-0.39, 0.29) is 11.3 Å². The summed E-state index contributed by atoms with van der Waals surface area (Å²) >= 11 is 0. The maximum atomic E-state index is 12.9. The lowest BCUT2D eigenvalue weighted by molar-refractivity contribution is 0.0949. The normalized spacial score (nSPS) is 13.7. The monoisotopic (exact) mass is 420 g/mol. The van der Waals surface area contributed by atoms with Crippen molar-refractivity contribution in [1.29, 1.82) is 0 Å². The molecule has 2 heterocycles. The predicted octanol–water partition coefficient (Wildman–Crippen LogP) is 3.12. The van der Waals surface area contributed by atoms with E-state index in [4.69, 9.17) is 9.47 Å². The SMILES string of the molecule is CCCn1nc(C(=O)N/N=C(/C)c2ccc3c(c2)OCCCO3)c2ccccc2c1=O. The number of hydrogen-bond acceptors (Lipinski definition) is 6.